The van der Waals surface area contributed by atoms with Gasteiger partial charge >= 0.3 is 0 Å². The van der Waals surface area contributed by atoms with Crippen molar-refractivity contribution in [1.82, 2.24) is 14.8 Å². The Morgan fingerprint density at radius 3 is 3.12 bits per heavy atom. The van der Waals surface area contributed by atoms with Crippen LogP contribution in [0.25, 0.3) is 11.0 Å². The number of carbonyl (C=O) groups is 2. The molecular formula is C9H8N4O3. The summed E-state index contributed by atoms with van der Waals surface area (Å²) in [5.74, 6) is -0.673. The number of primary amides is 1. The Morgan fingerprint density at radius 1 is 1.62 bits per heavy atom. The maximum Gasteiger partial charge on any atom is 0.294 e. The summed E-state index contributed by atoms with van der Waals surface area (Å²) in [7, 11) is 0. The summed E-state index contributed by atoms with van der Waals surface area (Å²) in [6.07, 6.45) is 1.53. The van der Waals surface area contributed by atoms with E-state index in [-0.39, 0.29) is 12.4 Å². The quantitative estimate of drug-likeness (QED) is 0.710. The van der Waals surface area contributed by atoms with E-state index < -0.39 is 5.91 Å². The van der Waals surface area contributed by atoms with Gasteiger partial charge in [-0.15, -0.1) is 0 Å². The number of carbonyl (C=O) groups excluding carboxylic acids is 2. The van der Waals surface area contributed by atoms with Gasteiger partial charge in [0, 0.05) is 6.20 Å². The Kier molecular flexibility index (Phi) is 2.50. The highest BCUT2D eigenvalue weighted by atomic mass is 16.5. The Hall–Kier alpha value is -2.44. The van der Waals surface area contributed by atoms with E-state index in [1.165, 1.54) is 10.9 Å². The van der Waals surface area contributed by atoms with Gasteiger partial charge in [-0.25, -0.2) is 4.68 Å². The summed E-state index contributed by atoms with van der Waals surface area (Å²) in [6, 6.07) is 3.39. The molecule has 0 unspecified atom stereocenters. The van der Waals surface area contributed by atoms with Gasteiger partial charge in [-0.1, -0.05) is 0 Å². The van der Waals surface area contributed by atoms with Crippen molar-refractivity contribution in [3.05, 3.63) is 24.0 Å². The first-order valence-electron chi connectivity index (χ1n) is 4.40. The van der Waals surface area contributed by atoms with Crippen molar-refractivity contribution in [1.29, 1.82) is 0 Å². The molecular weight excluding hydrogens is 212 g/mol. The van der Waals surface area contributed by atoms with Crippen LogP contribution in [0, 0.1) is 0 Å². The summed E-state index contributed by atoms with van der Waals surface area (Å²) >= 11 is 0. The lowest BCUT2D eigenvalue weighted by molar-refractivity contribution is -0.132. The molecule has 0 saturated heterocycles. The van der Waals surface area contributed by atoms with E-state index in [0.717, 1.165) is 0 Å². The van der Waals surface area contributed by atoms with Gasteiger partial charge in [0.05, 0.1) is 5.52 Å². The second-order valence-electron chi connectivity index (χ2n) is 2.98. The Morgan fingerprint density at radius 2 is 2.44 bits per heavy atom. The van der Waals surface area contributed by atoms with Crippen LogP contribution in [-0.2, 0) is 16.3 Å². The molecule has 0 spiro atoms. The number of amides is 1. The van der Waals surface area contributed by atoms with E-state index in [2.05, 4.69) is 14.8 Å². The minimum absolute atomic E-state index is 0.0603. The summed E-state index contributed by atoms with van der Waals surface area (Å²) in [4.78, 5) is 25.2. The van der Waals surface area contributed by atoms with Gasteiger partial charge < -0.3 is 10.5 Å². The highest BCUT2D eigenvalue weighted by Crippen LogP contribution is 2.15. The highest BCUT2D eigenvalue weighted by Gasteiger charge is 2.15. The van der Waals surface area contributed by atoms with Crippen LogP contribution in [0.15, 0.2) is 18.3 Å². The fourth-order valence-electron chi connectivity index (χ4n) is 1.37. The molecule has 0 aliphatic rings. The van der Waals surface area contributed by atoms with E-state index in [0.29, 0.717) is 17.5 Å². The number of nitrogens with two attached hydrogens (primary N) is 1. The highest BCUT2D eigenvalue weighted by molar-refractivity contribution is 6.02. The average Bonchev–Trinajstić information content (AvgIpc) is 2.65. The maximum absolute atomic E-state index is 11.1. The van der Waals surface area contributed by atoms with Crippen LogP contribution in [0.5, 0.6) is 0 Å². The number of aromatic nitrogens is 3. The van der Waals surface area contributed by atoms with Crippen molar-refractivity contribution < 1.29 is 14.3 Å². The smallest absolute Gasteiger partial charge is 0.294 e. The van der Waals surface area contributed by atoms with Gasteiger partial charge in [-0.2, -0.15) is 5.10 Å². The lowest BCUT2D eigenvalue weighted by atomic mass is 10.3. The molecule has 0 saturated carbocycles. The monoisotopic (exact) mass is 220 g/mol. The minimum atomic E-state index is -0.673. The lowest BCUT2D eigenvalue weighted by Crippen LogP contribution is -2.13. The third-order valence-electron chi connectivity index (χ3n) is 2.01. The van der Waals surface area contributed by atoms with E-state index in [1.807, 2.05) is 0 Å². The second-order valence-corrected chi connectivity index (χ2v) is 2.98. The number of hydrogen-bond donors (Lipinski definition) is 1. The zero-order chi connectivity index (χ0) is 11.5. The normalized spacial score (nSPS) is 10.2. The molecule has 0 bridgehead atoms. The molecule has 0 atom stereocenters. The molecule has 0 radical (unpaired) electrons. The molecule has 2 heterocycles. The summed E-state index contributed by atoms with van der Waals surface area (Å²) in [5.41, 5.74) is 6.19. The number of hydrogen-bond acceptors (Lipinski definition) is 5. The topological polar surface area (TPSA) is 100 Å². The molecule has 7 nitrogen and oxygen atoms in total. The minimum Gasteiger partial charge on any atom is -0.445 e. The number of fused-ring (bicyclic) bond motifs is 1. The van der Waals surface area contributed by atoms with Crippen molar-refractivity contribution in [2.75, 3.05) is 0 Å². The zero-order valence-electron chi connectivity index (χ0n) is 8.16. The number of ether oxygens (including phenoxy) is 1. The molecule has 16 heavy (non-hydrogen) atoms. The first kappa shape index (κ1) is 10.1. The standard InChI is InChI=1S/C9H8N4O3/c10-9(15)8-7-6(2-1-3-11-7)13(12-8)4-16-5-14/h1-3,5H,4H2,(H2,10,15). The van der Waals surface area contributed by atoms with Crippen LogP contribution in [-0.4, -0.2) is 27.1 Å². The third-order valence-corrected chi connectivity index (χ3v) is 2.01. The number of nitrogens with zero attached hydrogens (tertiary/aromatic N) is 3. The van der Waals surface area contributed by atoms with Crippen LogP contribution in [0.3, 0.4) is 0 Å². The van der Waals surface area contributed by atoms with Crippen molar-refractivity contribution in [3.8, 4) is 0 Å². The molecule has 2 rings (SSSR count). The van der Waals surface area contributed by atoms with Gasteiger partial charge in [0.1, 0.15) is 5.52 Å². The van der Waals surface area contributed by atoms with Gasteiger partial charge in [-0.05, 0) is 12.1 Å². The third kappa shape index (κ3) is 1.58. The number of rotatable bonds is 4. The molecule has 1 amide bonds. The Labute approximate surface area is 89.8 Å². The SMILES string of the molecule is NC(=O)c1nn(COC=O)c2cccnc12. The van der Waals surface area contributed by atoms with E-state index in [4.69, 9.17) is 5.73 Å². The maximum atomic E-state index is 11.1. The molecule has 2 N–H and O–H groups in total. The van der Waals surface area contributed by atoms with E-state index >= 15 is 0 Å². The first-order chi connectivity index (χ1) is 7.74. The van der Waals surface area contributed by atoms with Crippen molar-refractivity contribution in [2.45, 2.75) is 6.73 Å². The van der Waals surface area contributed by atoms with Gasteiger partial charge in [0.25, 0.3) is 12.4 Å². The van der Waals surface area contributed by atoms with Crippen LogP contribution < -0.4 is 5.73 Å². The number of pyridine rings is 1. The predicted molar refractivity (Wildman–Crippen MR) is 53.2 cm³/mol. The molecule has 0 aliphatic carbocycles. The molecule has 2 aromatic heterocycles. The summed E-state index contributed by atoms with van der Waals surface area (Å²) in [5, 5.41) is 3.92. The van der Waals surface area contributed by atoms with Crippen LogP contribution in [0.2, 0.25) is 0 Å². The van der Waals surface area contributed by atoms with Crippen LogP contribution in [0.1, 0.15) is 10.5 Å². The lowest BCUT2D eigenvalue weighted by Gasteiger charge is -1.99. The van der Waals surface area contributed by atoms with E-state index in [9.17, 15) is 9.59 Å². The molecule has 82 valence electrons. The fraction of sp³-hybridized carbons (Fsp3) is 0.111. The van der Waals surface area contributed by atoms with Crippen molar-refractivity contribution in [3.63, 3.8) is 0 Å². The summed E-state index contributed by atoms with van der Waals surface area (Å²) in [6.45, 7) is 0.215. The Bertz CT molecular complexity index is 549. The molecule has 2 aromatic rings. The second kappa shape index (κ2) is 3.97. The summed E-state index contributed by atoms with van der Waals surface area (Å²) < 4.78 is 5.90. The van der Waals surface area contributed by atoms with Crippen molar-refractivity contribution in [2.24, 2.45) is 5.73 Å². The fourth-order valence-corrected chi connectivity index (χ4v) is 1.37. The molecule has 0 fully saturated rings. The molecule has 0 aliphatic heterocycles. The van der Waals surface area contributed by atoms with Crippen LogP contribution in [0.4, 0.5) is 0 Å². The van der Waals surface area contributed by atoms with Gasteiger partial charge in [-0.3, -0.25) is 14.6 Å². The largest absolute Gasteiger partial charge is 0.445 e. The van der Waals surface area contributed by atoms with E-state index in [1.54, 1.807) is 12.1 Å². The molecule has 0 aromatic carbocycles. The van der Waals surface area contributed by atoms with Crippen molar-refractivity contribution >= 4 is 23.4 Å². The first-order valence-corrected chi connectivity index (χ1v) is 4.40. The van der Waals surface area contributed by atoms with Gasteiger partial charge in [0.2, 0.25) is 0 Å². The molecule has 7 heteroatoms. The van der Waals surface area contributed by atoms with Gasteiger partial charge in [0.15, 0.2) is 12.4 Å². The van der Waals surface area contributed by atoms with Crippen LogP contribution >= 0.6 is 0 Å². The Balaban J connectivity index is 2.57. The predicted octanol–water partition coefficient (Wildman–Crippen LogP) is -0.339. The average molecular weight is 220 g/mol. The zero-order valence-corrected chi connectivity index (χ0v) is 8.16.